The number of hydrogen-bond donors (Lipinski definition) is 0. The second kappa shape index (κ2) is 3.93. The predicted octanol–water partition coefficient (Wildman–Crippen LogP) is 3.13. The van der Waals surface area contributed by atoms with E-state index in [1.807, 2.05) is 0 Å². The molecule has 0 spiro atoms. The summed E-state index contributed by atoms with van der Waals surface area (Å²) in [5.74, 6) is -0.978. The van der Waals surface area contributed by atoms with Crippen LogP contribution in [0, 0.1) is 5.82 Å². The Morgan fingerprint density at radius 3 is 3.06 bits per heavy atom. The third-order valence-corrected chi connectivity index (χ3v) is 4.12. The number of methoxy groups -OCH3 is 1. The number of carbonyl (C=O) groups excluding carboxylic acids is 1. The lowest BCUT2D eigenvalue weighted by Gasteiger charge is -1.95. The Balaban J connectivity index is 2.32. The van der Waals surface area contributed by atoms with Crippen LogP contribution in [0.5, 0.6) is 0 Å². The van der Waals surface area contributed by atoms with Crippen molar-refractivity contribution in [2.24, 2.45) is 0 Å². The molecular weight excluding hydrogens is 279 g/mol. The smallest absolute Gasteiger partial charge is 0.358 e. The summed E-state index contributed by atoms with van der Waals surface area (Å²) in [5, 5.41) is 0.0719. The van der Waals surface area contributed by atoms with Crippen LogP contribution in [0.2, 0.25) is 5.02 Å². The Hall–Kier alpha value is -1.66. The van der Waals surface area contributed by atoms with E-state index in [0.717, 1.165) is 0 Å². The molecule has 2 heterocycles. The highest BCUT2D eigenvalue weighted by atomic mass is 35.5. The van der Waals surface area contributed by atoms with Crippen molar-refractivity contribution in [1.82, 2.24) is 9.38 Å². The standard InChI is InChI=1S/C11H6ClFN2O2S/c1-17-10(16)6-4-15-7-3-2-5(13)8(12)9(7)18-11(15)14-6/h2-4H,1H3. The molecule has 0 bridgehead atoms. The molecule has 0 N–H and O–H groups in total. The number of hydrogen-bond acceptors (Lipinski definition) is 4. The molecule has 0 saturated heterocycles. The van der Waals surface area contributed by atoms with Gasteiger partial charge in [-0.25, -0.2) is 14.2 Å². The van der Waals surface area contributed by atoms with E-state index in [0.29, 0.717) is 15.2 Å². The minimum absolute atomic E-state index is 0.0719. The summed E-state index contributed by atoms with van der Waals surface area (Å²) in [6.45, 7) is 0. The van der Waals surface area contributed by atoms with Crippen molar-refractivity contribution < 1.29 is 13.9 Å². The highest BCUT2D eigenvalue weighted by molar-refractivity contribution is 7.24. The molecule has 0 fully saturated rings. The van der Waals surface area contributed by atoms with Crippen LogP contribution >= 0.6 is 22.9 Å². The Labute approximate surface area is 110 Å². The van der Waals surface area contributed by atoms with E-state index >= 15 is 0 Å². The lowest BCUT2D eigenvalue weighted by Crippen LogP contribution is -2.00. The van der Waals surface area contributed by atoms with Crippen LogP contribution in [0.15, 0.2) is 18.3 Å². The molecule has 1 aromatic carbocycles. The summed E-state index contributed by atoms with van der Waals surface area (Å²) in [6, 6.07) is 2.89. The van der Waals surface area contributed by atoms with E-state index < -0.39 is 11.8 Å². The molecule has 0 aliphatic rings. The van der Waals surface area contributed by atoms with Gasteiger partial charge in [-0.15, -0.1) is 0 Å². The Morgan fingerprint density at radius 1 is 1.56 bits per heavy atom. The Morgan fingerprint density at radius 2 is 2.33 bits per heavy atom. The van der Waals surface area contributed by atoms with Gasteiger partial charge in [0.15, 0.2) is 10.7 Å². The van der Waals surface area contributed by atoms with Gasteiger partial charge in [0, 0.05) is 6.20 Å². The number of carbonyl (C=O) groups is 1. The number of halogens is 2. The number of rotatable bonds is 1. The lowest BCUT2D eigenvalue weighted by atomic mass is 10.3. The zero-order chi connectivity index (χ0) is 12.9. The maximum Gasteiger partial charge on any atom is 0.358 e. The largest absolute Gasteiger partial charge is 0.464 e. The zero-order valence-electron chi connectivity index (χ0n) is 9.11. The average Bonchev–Trinajstić information content (AvgIpc) is 2.90. The van der Waals surface area contributed by atoms with Gasteiger partial charge >= 0.3 is 5.97 Å². The monoisotopic (exact) mass is 284 g/mol. The highest BCUT2D eigenvalue weighted by Gasteiger charge is 2.16. The number of nitrogens with zero attached hydrogens (tertiary/aromatic N) is 2. The molecule has 0 amide bonds. The minimum atomic E-state index is -0.507. The van der Waals surface area contributed by atoms with Gasteiger partial charge in [0.05, 0.1) is 22.3 Å². The molecule has 4 nitrogen and oxygen atoms in total. The summed E-state index contributed by atoms with van der Waals surface area (Å²) < 4.78 is 20.2. The average molecular weight is 285 g/mol. The molecule has 3 rings (SSSR count). The first-order valence-electron chi connectivity index (χ1n) is 4.95. The molecule has 18 heavy (non-hydrogen) atoms. The fraction of sp³-hybridized carbons (Fsp3) is 0.0909. The molecule has 0 saturated carbocycles. The van der Waals surface area contributed by atoms with Gasteiger partial charge in [-0.2, -0.15) is 0 Å². The quantitative estimate of drug-likeness (QED) is 0.645. The van der Waals surface area contributed by atoms with Crippen LogP contribution in [0.4, 0.5) is 4.39 Å². The molecule has 0 aliphatic heterocycles. The molecule has 0 atom stereocenters. The lowest BCUT2D eigenvalue weighted by molar-refractivity contribution is 0.0595. The van der Waals surface area contributed by atoms with Gasteiger partial charge in [0.1, 0.15) is 5.82 Å². The summed E-state index contributed by atoms with van der Waals surface area (Å²) in [5.41, 5.74) is 0.926. The fourth-order valence-electron chi connectivity index (χ4n) is 1.71. The molecule has 92 valence electrons. The third kappa shape index (κ3) is 1.49. The van der Waals surface area contributed by atoms with E-state index in [-0.39, 0.29) is 10.7 Å². The number of aromatic nitrogens is 2. The number of fused-ring (bicyclic) bond motifs is 3. The third-order valence-electron chi connectivity index (χ3n) is 2.55. The fourth-order valence-corrected chi connectivity index (χ4v) is 3.02. The topological polar surface area (TPSA) is 43.6 Å². The molecule has 7 heteroatoms. The molecule has 0 aliphatic carbocycles. The van der Waals surface area contributed by atoms with Crippen LogP contribution in [0.3, 0.4) is 0 Å². The number of thiazole rings is 1. The Bertz CT molecular complexity index is 780. The van der Waals surface area contributed by atoms with Crippen LogP contribution in [-0.2, 0) is 4.74 Å². The second-order valence-electron chi connectivity index (χ2n) is 3.58. The van der Waals surface area contributed by atoms with E-state index in [2.05, 4.69) is 9.72 Å². The van der Waals surface area contributed by atoms with Crippen molar-refractivity contribution >= 4 is 44.1 Å². The van der Waals surface area contributed by atoms with Crippen molar-refractivity contribution in [2.45, 2.75) is 0 Å². The summed E-state index contributed by atoms with van der Waals surface area (Å²) in [4.78, 5) is 16.0. The normalized spacial score (nSPS) is 11.3. The molecule has 0 radical (unpaired) electrons. The first kappa shape index (κ1) is 11.4. The number of esters is 1. The predicted molar refractivity (Wildman–Crippen MR) is 66.9 cm³/mol. The first-order chi connectivity index (χ1) is 8.61. The summed E-state index contributed by atoms with van der Waals surface area (Å²) in [7, 11) is 1.29. The number of imidazole rings is 1. The van der Waals surface area contributed by atoms with Crippen LogP contribution < -0.4 is 0 Å². The van der Waals surface area contributed by atoms with Gasteiger partial charge in [-0.1, -0.05) is 22.9 Å². The highest BCUT2D eigenvalue weighted by Crippen LogP contribution is 2.33. The summed E-state index contributed by atoms with van der Waals surface area (Å²) >= 11 is 7.11. The Kier molecular flexibility index (Phi) is 2.49. The molecular formula is C11H6ClFN2O2S. The number of ether oxygens (including phenoxy) is 1. The van der Waals surface area contributed by atoms with E-state index in [1.165, 1.54) is 24.5 Å². The van der Waals surface area contributed by atoms with Gasteiger partial charge in [-0.3, -0.25) is 4.40 Å². The number of benzene rings is 1. The first-order valence-corrected chi connectivity index (χ1v) is 6.15. The van der Waals surface area contributed by atoms with E-state index in [9.17, 15) is 9.18 Å². The minimum Gasteiger partial charge on any atom is -0.464 e. The SMILES string of the molecule is COC(=O)c1cn2c(n1)sc1c(Cl)c(F)ccc12. The maximum absolute atomic E-state index is 13.3. The van der Waals surface area contributed by atoms with Crippen LogP contribution in [0.1, 0.15) is 10.5 Å². The van der Waals surface area contributed by atoms with E-state index in [1.54, 1.807) is 16.7 Å². The molecule has 3 aromatic rings. The van der Waals surface area contributed by atoms with Crippen molar-refractivity contribution in [3.63, 3.8) is 0 Å². The molecule has 0 unspecified atom stereocenters. The van der Waals surface area contributed by atoms with Gasteiger partial charge < -0.3 is 4.74 Å². The van der Waals surface area contributed by atoms with Crippen molar-refractivity contribution in [3.05, 3.63) is 34.9 Å². The maximum atomic E-state index is 13.3. The van der Waals surface area contributed by atoms with Crippen molar-refractivity contribution in [2.75, 3.05) is 7.11 Å². The summed E-state index contributed by atoms with van der Waals surface area (Å²) in [6.07, 6.45) is 1.55. The molecule has 2 aromatic heterocycles. The van der Waals surface area contributed by atoms with E-state index in [4.69, 9.17) is 11.6 Å². The zero-order valence-corrected chi connectivity index (χ0v) is 10.7. The van der Waals surface area contributed by atoms with Gasteiger partial charge in [0.25, 0.3) is 0 Å². The van der Waals surface area contributed by atoms with Crippen LogP contribution in [0.25, 0.3) is 15.2 Å². The van der Waals surface area contributed by atoms with Crippen LogP contribution in [-0.4, -0.2) is 22.5 Å². The van der Waals surface area contributed by atoms with Gasteiger partial charge in [-0.05, 0) is 12.1 Å². The van der Waals surface area contributed by atoms with Crippen molar-refractivity contribution in [1.29, 1.82) is 0 Å². The van der Waals surface area contributed by atoms with Gasteiger partial charge in [0.2, 0.25) is 0 Å². The second-order valence-corrected chi connectivity index (χ2v) is 4.94. The van der Waals surface area contributed by atoms with Crippen molar-refractivity contribution in [3.8, 4) is 0 Å².